The highest BCUT2D eigenvalue weighted by Crippen LogP contribution is 2.41. The molecule has 2 heterocycles. The molecule has 0 unspecified atom stereocenters. The number of nitrogen functional groups attached to an aromatic ring is 1. The molecule has 6 nitrogen and oxygen atoms in total. The van der Waals surface area contributed by atoms with Crippen LogP contribution in [-0.2, 0) is 25.6 Å². The molecule has 0 spiro atoms. The zero-order chi connectivity index (χ0) is 25.6. The molecule has 0 aliphatic heterocycles. The Labute approximate surface area is 210 Å². The van der Waals surface area contributed by atoms with Crippen LogP contribution >= 0.6 is 0 Å². The minimum absolute atomic E-state index is 0.00574. The molecule has 0 radical (unpaired) electrons. The molecule has 5 aromatic rings. The third-order valence-corrected chi connectivity index (χ3v) is 6.69. The van der Waals surface area contributed by atoms with Gasteiger partial charge in [-0.05, 0) is 41.7 Å². The summed E-state index contributed by atoms with van der Waals surface area (Å²) in [6, 6.07) is 21.0. The van der Waals surface area contributed by atoms with Crippen LogP contribution < -0.4 is 10.5 Å². The van der Waals surface area contributed by atoms with Crippen LogP contribution in [0.15, 0.2) is 79.1 Å². The van der Waals surface area contributed by atoms with E-state index in [1.54, 1.807) is 12.1 Å². The number of ether oxygens (including phenoxy) is 1. The van der Waals surface area contributed by atoms with E-state index in [0.717, 1.165) is 24.5 Å². The van der Waals surface area contributed by atoms with Gasteiger partial charge in [0.05, 0.1) is 17.0 Å². The maximum Gasteiger partial charge on any atom is 0.419 e. The summed E-state index contributed by atoms with van der Waals surface area (Å²) in [6.45, 7) is -0.00581. The molecule has 0 atom stereocenters. The lowest BCUT2D eigenvalue weighted by Gasteiger charge is -2.15. The molecule has 1 aliphatic rings. The smallest absolute Gasteiger partial charge is 0.419 e. The zero-order valence-electron chi connectivity index (χ0n) is 19.6. The first-order valence-electron chi connectivity index (χ1n) is 11.8. The van der Waals surface area contributed by atoms with E-state index in [-0.39, 0.29) is 24.2 Å². The highest BCUT2D eigenvalue weighted by molar-refractivity contribution is 5.98. The Morgan fingerprint density at radius 1 is 0.919 bits per heavy atom. The van der Waals surface area contributed by atoms with Crippen LogP contribution in [0.5, 0.6) is 5.75 Å². The Morgan fingerprint density at radius 3 is 2.32 bits per heavy atom. The summed E-state index contributed by atoms with van der Waals surface area (Å²) in [5, 5.41) is 5.34. The van der Waals surface area contributed by atoms with E-state index in [2.05, 4.69) is 22.1 Å². The van der Waals surface area contributed by atoms with E-state index in [1.165, 1.54) is 29.6 Å². The predicted molar refractivity (Wildman–Crippen MR) is 134 cm³/mol. The van der Waals surface area contributed by atoms with Crippen molar-refractivity contribution in [1.29, 1.82) is 0 Å². The van der Waals surface area contributed by atoms with Gasteiger partial charge in [-0.25, -0.2) is 14.6 Å². The Hall–Kier alpha value is -4.40. The molecule has 186 valence electrons. The number of benzene rings is 3. The molecule has 0 fully saturated rings. The second-order valence-corrected chi connectivity index (χ2v) is 9.06. The monoisotopic (exact) mass is 501 g/mol. The molecule has 37 heavy (non-hydrogen) atoms. The number of aromatic nitrogens is 4. The molecule has 0 saturated heterocycles. The van der Waals surface area contributed by atoms with E-state index in [4.69, 9.17) is 15.6 Å². The molecular weight excluding hydrogens is 479 g/mol. The summed E-state index contributed by atoms with van der Waals surface area (Å²) in [5.74, 6) is -0.0614. The topological polar surface area (TPSA) is 78.8 Å². The Morgan fingerprint density at radius 2 is 1.62 bits per heavy atom. The quantitative estimate of drug-likeness (QED) is 0.319. The number of nitrogens with zero attached hydrogens (tertiary/aromatic N) is 4. The van der Waals surface area contributed by atoms with Crippen molar-refractivity contribution in [2.45, 2.75) is 31.7 Å². The highest BCUT2D eigenvalue weighted by atomic mass is 19.4. The first-order valence-corrected chi connectivity index (χ1v) is 11.8. The lowest BCUT2D eigenvalue weighted by atomic mass is 10.1. The SMILES string of the molecule is Nc1ncnc2c1c(-c1ccc(C(F)(F)F)c(OCc3ccccc3)c1)nn2C1Cc2ccccc2C1. The average Bonchev–Trinajstić information content (AvgIpc) is 3.50. The summed E-state index contributed by atoms with van der Waals surface area (Å²) < 4.78 is 49.0. The summed E-state index contributed by atoms with van der Waals surface area (Å²) in [5.41, 5.74) is 10.0. The van der Waals surface area contributed by atoms with Gasteiger partial charge in [0.25, 0.3) is 0 Å². The van der Waals surface area contributed by atoms with Crippen molar-refractivity contribution in [3.05, 3.63) is 101 Å². The van der Waals surface area contributed by atoms with E-state index in [0.29, 0.717) is 22.3 Å². The number of rotatable bonds is 5. The normalized spacial score (nSPS) is 13.7. The van der Waals surface area contributed by atoms with Gasteiger partial charge < -0.3 is 10.5 Å². The van der Waals surface area contributed by atoms with Crippen LogP contribution in [0.4, 0.5) is 19.0 Å². The van der Waals surface area contributed by atoms with Crippen LogP contribution in [0.3, 0.4) is 0 Å². The number of fused-ring (bicyclic) bond motifs is 2. The van der Waals surface area contributed by atoms with E-state index in [9.17, 15) is 13.2 Å². The van der Waals surface area contributed by atoms with Crippen LogP contribution in [0.1, 0.15) is 28.3 Å². The van der Waals surface area contributed by atoms with Gasteiger partial charge >= 0.3 is 6.18 Å². The van der Waals surface area contributed by atoms with Crippen LogP contribution in [-0.4, -0.2) is 19.7 Å². The molecule has 6 rings (SSSR count). The molecule has 0 amide bonds. The molecule has 0 bridgehead atoms. The van der Waals surface area contributed by atoms with E-state index >= 15 is 0 Å². The lowest BCUT2D eigenvalue weighted by Crippen LogP contribution is -2.11. The molecule has 0 saturated carbocycles. The predicted octanol–water partition coefficient (Wildman–Crippen LogP) is 6.01. The van der Waals surface area contributed by atoms with Gasteiger partial charge in [-0.15, -0.1) is 0 Å². The first kappa shape index (κ1) is 23.0. The van der Waals surface area contributed by atoms with E-state index in [1.807, 2.05) is 35.0 Å². The number of nitrogens with two attached hydrogens (primary N) is 1. The maximum atomic E-state index is 13.8. The Kier molecular flexibility index (Phi) is 5.55. The van der Waals surface area contributed by atoms with Gasteiger partial charge in [-0.2, -0.15) is 18.3 Å². The second-order valence-electron chi connectivity index (χ2n) is 9.06. The lowest BCUT2D eigenvalue weighted by molar-refractivity contribution is -0.139. The summed E-state index contributed by atoms with van der Waals surface area (Å²) in [6.07, 6.45) is -1.66. The minimum Gasteiger partial charge on any atom is -0.488 e. The zero-order valence-corrected chi connectivity index (χ0v) is 19.6. The Bertz CT molecular complexity index is 1570. The van der Waals surface area contributed by atoms with Gasteiger partial charge in [0.2, 0.25) is 0 Å². The minimum atomic E-state index is -4.58. The average molecular weight is 502 g/mol. The number of hydrogen-bond acceptors (Lipinski definition) is 5. The molecule has 3 aromatic carbocycles. The first-order chi connectivity index (χ1) is 17.9. The molecule has 2 N–H and O–H groups in total. The van der Waals surface area contributed by atoms with Gasteiger partial charge in [0.1, 0.15) is 30.2 Å². The third-order valence-electron chi connectivity index (χ3n) is 6.69. The maximum absolute atomic E-state index is 13.8. The van der Waals surface area contributed by atoms with Crippen molar-refractivity contribution < 1.29 is 17.9 Å². The summed E-state index contributed by atoms with van der Waals surface area (Å²) >= 11 is 0. The van der Waals surface area contributed by atoms with E-state index < -0.39 is 11.7 Å². The van der Waals surface area contributed by atoms with Crippen LogP contribution in [0.25, 0.3) is 22.3 Å². The summed E-state index contributed by atoms with van der Waals surface area (Å²) in [7, 11) is 0. The number of halogens is 3. The van der Waals surface area contributed by atoms with Gasteiger partial charge in [0.15, 0.2) is 5.65 Å². The van der Waals surface area contributed by atoms with Crippen molar-refractivity contribution in [2.75, 3.05) is 5.73 Å². The molecular formula is C28H22F3N5O. The van der Waals surface area contributed by atoms with Crippen molar-refractivity contribution in [3.63, 3.8) is 0 Å². The second kappa shape index (κ2) is 8.92. The van der Waals surface area contributed by atoms with Gasteiger partial charge in [0, 0.05) is 5.56 Å². The standard InChI is InChI=1S/C28H22F3N5O/c29-28(30,31)22-11-10-20(14-23(22)37-15-17-6-2-1-3-7-17)25-24-26(32)33-16-34-27(24)36(35-25)21-12-18-8-4-5-9-19(18)13-21/h1-11,14,16,21H,12-13,15H2,(H2,32,33,34). The molecule has 1 aliphatic carbocycles. The van der Waals surface area contributed by atoms with Gasteiger partial charge in [-0.1, -0.05) is 60.7 Å². The fraction of sp³-hybridized carbons (Fsp3) is 0.179. The number of alkyl halides is 3. The van der Waals surface area contributed by atoms with Crippen LogP contribution in [0, 0.1) is 0 Å². The molecule has 2 aromatic heterocycles. The number of anilines is 1. The third kappa shape index (κ3) is 4.26. The van der Waals surface area contributed by atoms with Crippen molar-refractivity contribution in [1.82, 2.24) is 19.7 Å². The molecule has 9 heteroatoms. The van der Waals surface area contributed by atoms with Crippen molar-refractivity contribution >= 4 is 16.9 Å². The van der Waals surface area contributed by atoms with Crippen molar-refractivity contribution in [2.24, 2.45) is 0 Å². The number of hydrogen-bond donors (Lipinski definition) is 1. The van der Waals surface area contributed by atoms with Crippen LogP contribution in [0.2, 0.25) is 0 Å². The Balaban J connectivity index is 1.44. The van der Waals surface area contributed by atoms with Gasteiger partial charge in [-0.3, -0.25) is 0 Å². The van der Waals surface area contributed by atoms with Crippen molar-refractivity contribution in [3.8, 4) is 17.0 Å². The largest absolute Gasteiger partial charge is 0.488 e. The highest BCUT2D eigenvalue weighted by Gasteiger charge is 2.35. The fourth-order valence-corrected chi connectivity index (χ4v) is 4.92. The summed E-state index contributed by atoms with van der Waals surface area (Å²) in [4.78, 5) is 8.58. The fourth-order valence-electron chi connectivity index (χ4n) is 4.92.